The van der Waals surface area contributed by atoms with E-state index in [1.54, 1.807) is 24.3 Å². The summed E-state index contributed by atoms with van der Waals surface area (Å²) in [4.78, 5) is 17.5. The predicted octanol–water partition coefficient (Wildman–Crippen LogP) is 1.62. The highest BCUT2D eigenvalue weighted by molar-refractivity contribution is 7.89. The highest BCUT2D eigenvalue weighted by Gasteiger charge is 2.42. The number of amides is 1. The molecule has 2 aromatic carbocycles. The molecule has 2 aromatic rings. The predicted molar refractivity (Wildman–Crippen MR) is 113 cm³/mol. The van der Waals surface area contributed by atoms with Crippen molar-refractivity contribution in [3.05, 3.63) is 54.6 Å². The Hall–Kier alpha value is -2.75. The Morgan fingerprint density at radius 1 is 1.17 bits per heavy atom. The first-order valence-electron chi connectivity index (χ1n) is 9.62. The number of rotatable bonds is 8. The number of aliphatic hydroxyl groups is 1. The molecule has 30 heavy (non-hydrogen) atoms. The van der Waals surface area contributed by atoms with Gasteiger partial charge in [0.2, 0.25) is 15.9 Å². The minimum Gasteiger partial charge on any atom is -0.399 e. The van der Waals surface area contributed by atoms with Crippen molar-refractivity contribution in [1.29, 1.82) is 0 Å². The van der Waals surface area contributed by atoms with E-state index in [0.717, 1.165) is 15.4 Å². The van der Waals surface area contributed by atoms with Gasteiger partial charge in [0.15, 0.2) is 0 Å². The van der Waals surface area contributed by atoms with Crippen LogP contribution in [0.1, 0.15) is 12.8 Å². The van der Waals surface area contributed by atoms with E-state index in [4.69, 9.17) is 9.94 Å². The van der Waals surface area contributed by atoms with Crippen LogP contribution in [-0.4, -0.2) is 62.3 Å². The van der Waals surface area contributed by atoms with Gasteiger partial charge in [-0.1, -0.05) is 47.6 Å². The van der Waals surface area contributed by atoms with Crippen molar-refractivity contribution in [2.45, 2.75) is 23.8 Å². The van der Waals surface area contributed by atoms with E-state index >= 15 is 0 Å². The molecule has 8 nitrogen and oxygen atoms in total. The summed E-state index contributed by atoms with van der Waals surface area (Å²) in [5.74, 6) is -0.422. The summed E-state index contributed by atoms with van der Waals surface area (Å²) in [6.07, 6.45) is 0.547. The van der Waals surface area contributed by atoms with E-state index in [-0.39, 0.29) is 31.0 Å². The lowest BCUT2D eigenvalue weighted by Gasteiger charge is -2.23. The fourth-order valence-corrected chi connectivity index (χ4v) is 4.92. The number of aliphatic hydroxyl groups excluding tert-OH is 1. The lowest BCUT2D eigenvalue weighted by molar-refractivity contribution is -0.124. The maximum atomic E-state index is 13.3. The number of hydrogen-bond acceptors (Lipinski definition) is 6. The van der Waals surface area contributed by atoms with Gasteiger partial charge >= 0.3 is 0 Å². The first kappa shape index (κ1) is 21.9. The molecule has 0 aliphatic carbocycles. The van der Waals surface area contributed by atoms with E-state index in [9.17, 15) is 13.2 Å². The second kappa shape index (κ2) is 9.84. The van der Waals surface area contributed by atoms with E-state index in [0.29, 0.717) is 12.1 Å². The fraction of sp³-hybridized carbons (Fsp3) is 0.333. The summed E-state index contributed by atoms with van der Waals surface area (Å²) >= 11 is 0. The normalized spacial score (nSPS) is 18.5. The van der Waals surface area contributed by atoms with Crippen molar-refractivity contribution in [2.24, 2.45) is 5.16 Å². The van der Waals surface area contributed by atoms with Crippen LogP contribution in [0, 0.1) is 0 Å². The first-order chi connectivity index (χ1) is 14.5. The Bertz CT molecular complexity index is 991. The minimum atomic E-state index is -3.93. The maximum absolute atomic E-state index is 13.3. The van der Waals surface area contributed by atoms with Gasteiger partial charge in [-0.3, -0.25) is 4.79 Å². The summed E-state index contributed by atoms with van der Waals surface area (Å²) in [5, 5.41) is 15.4. The highest BCUT2D eigenvalue weighted by Crippen LogP contribution is 2.27. The molecule has 0 saturated carbocycles. The third kappa shape index (κ3) is 4.86. The van der Waals surface area contributed by atoms with E-state index in [1.165, 1.54) is 7.11 Å². The summed E-state index contributed by atoms with van der Waals surface area (Å²) in [6.45, 7) is 0.189. The van der Waals surface area contributed by atoms with Gasteiger partial charge in [-0.2, -0.15) is 4.31 Å². The summed E-state index contributed by atoms with van der Waals surface area (Å²) in [7, 11) is -2.55. The van der Waals surface area contributed by atoms with Crippen molar-refractivity contribution < 1.29 is 23.2 Å². The molecule has 1 heterocycles. The van der Waals surface area contributed by atoms with Crippen molar-refractivity contribution in [3.8, 4) is 11.1 Å². The number of hydrogen-bond donors (Lipinski definition) is 2. The van der Waals surface area contributed by atoms with E-state index in [1.807, 2.05) is 30.3 Å². The molecule has 1 aliphatic rings. The molecule has 0 spiro atoms. The van der Waals surface area contributed by atoms with Crippen LogP contribution in [0.5, 0.6) is 0 Å². The smallest absolute Gasteiger partial charge is 0.244 e. The standard InChI is InChI=1S/C21H25N3O5S/c1-29-23-18-14-20(21(26)22-12-5-13-25)24(15-18)30(27,28)19-10-8-17(9-11-19)16-6-3-2-4-7-16/h2-4,6-11,20,25H,5,12-15H2,1H3,(H,22,26)/t20-/m0/s1. The molecule has 0 radical (unpaired) electrons. The molecule has 1 fully saturated rings. The molecule has 160 valence electrons. The molecule has 9 heteroatoms. The molecule has 1 amide bonds. The van der Waals surface area contributed by atoms with Gasteiger partial charge < -0.3 is 15.3 Å². The third-order valence-electron chi connectivity index (χ3n) is 4.84. The van der Waals surface area contributed by atoms with Gasteiger partial charge in [-0.05, 0) is 29.7 Å². The molecule has 0 unspecified atom stereocenters. The van der Waals surface area contributed by atoms with Crippen LogP contribution in [0.3, 0.4) is 0 Å². The van der Waals surface area contributed by atoms with Gasteiger partial charge in [0.25, 0.3) is 0 Å². The average molecular weight is 432 g/mol. The fourth-order valence-electron chi connectivity index (χ4n) is 3.34. The van der Waals surface area contributed by atoms with E-state index in [2.05, 4.69) is 10.5 Å². The van der Waals surface area contributed by atoms with Crippen molar-refractivity contribution >= 4 is 21.6 Å². The Morgan fingerprint density at radius 3 is 2.47 bits per heavy atom. The van der Waals surface area contributed by atoms with Crippen LogP contribution in [-0.2, 0) is 19.7 Å². The van der Waals surface area contributed by atoms with Crippen LogP contribution in [0.4, 0.5) is 0 Å². The number of sulfonamides is 1. The van der Waals surface area contributed by atoms with Crippen molar-refractivity contribution in [3.63, 3.8) is 0 Å². The van der Waals surface area contributed by atoms with Gasteiger partial charge in [-0.15, -0.1) is 0 Å². The minimum absolute atomic E-state index is 0.0192. The highest BCUT2D eigenvalue weighted by atomic mass is 32.2. The quantitative estimate of drug-likeness (QED) is 0.488. The largest absolute Gasteiger partial charge is 0.399 e. The zero-order valence-electron chi connectivity index (χ0n) is 16.7. The van der Waals surface area contributed by atoms with Crippen molar-refractivity contribution in [1.82, 2.24) is 9.62 Å². The zero-order chi connectivity index (χ0) is 21.6. The molecule has 0 aromatic heterocycles. The molecule has 2 N–H and O–H groups in total. The van der Waals surface area contributed by atoms with Gasteiger partial charge in [-0.25, -0.2) is 8.42 Å². The lowest BCUT2D eigenvalue weighted by Crippen LogP contribution is -2.46. The van der Waals surface area contributed by atoms with Gasteiger partial charge in [0.1, 0.15) is 13.2 Å². The topological polar surface area (TPSA) is 108 Å². The SMILES string of the molecule is CON=C1C[C@@H](C(=O)NCCCO)N(S(=O)(=O)c2ccc(-c3ccccc3)cc2)C1. The van der Waals surface area contributed by atoms with Crippen molar-refractivity contribution in [2.75, 3.05) is 26.8 Å². The Labute approximate surface area is 176 Å². The van der Waals surface area contributed by atoms with Gasteiger partial charge in [0.05, 0.1) is 17.2 Å². The second-order valence-corrected chi connectivity index (χ2v) is 8.76. The average Bonchev–Trinajstić information content (AvgIpc) is 3.20. The molecule has 0 bridgehead atoms. The van der Waals surface area contributed by atoms with Crippen LogP contribution < -0.4 is 5.32 Å². The Kier molecular flexibility index (Phi) is 7.20. The monoisotopic (exact) mass is 431 g/mol. The lowest BCUT2D eigenvalue weighted by atomic mass is 10.1. The van der Waals surface area contributed by atoms with Gasteiger partial charge in [0, 0.05) is 19.6 Å². The number of nitrogens with one attached hydrogen (secondary N) is 1. The number of nitrogens with zero attached hydrogens (tertiary/aromatic N) is 2. The molecular weight excluding hydrogens is 406 g/mol. The second-order valence-electron chi connectivity index (χ2n) is 6.87. The molecule has 1 saturated heterocycles. The van der Waals surface area contributed by atoms with Crippen LogP contribution in [0.2, 0.25) is 0 Å². The molecule has 1 aliphatic heterocycles. The number of carbonyl (C=O) groups excluding carboxylic acids is 1. The maximum Gasteiger partial charge on any atom is 0.244 e. The number of carbonyl (C=O) groups is 1. The van der Waals surface area contributed by atoms with E-state index < -0.39 is 22.0 Å². The summed E-state index contributed by atoms with van der Waals surface area (Å²) in [5.41, 5.74) is 2.36. The van der Waals surface area contributed by atoms with Crippen LogP contribution >= 0.6 is 0 Å². The third-order valence-corrected chi connectivity index (χ3v) is 6.71. The molecule has 3 rings (SSSR count). The van der Waals surface area contributed by atoms with Crippen LogP contribution in [0.25, 0.3) is 11.1 Å². The Morgan fingerprint density at radius 2 is 1.83 bits per heavy atom. The van der Waals surface area contributed by atoms with Crippen LogP contribution in [0.15, 0.2) is 64.6 Å². The molecular formula is C21H25N3O5S. The summed E-state index contributed by atoms with van der Waals surface area (Å²) < 4.78 is 27.7. The summed E-state index contributed by atoms with van der Waals surface area (Å²) in [6, 6.07) is 15.3. The molecule has 1 atom stereocenters. The first-order valence-corrected chi connectivity index (χ1v) is 11.1. The number of benzene rings is 2. The zero-order valence-corrected chi connectivity index (χ0v) is 17.5. The number of oxime groups is 1. The Balaban J connectivity index is 1.86.